The minimum atomic E-state index is -0.779. The third kappa shape index (κ3) is 10.1. The molecule has 58 heavy (non-hydrogen) atoms. The number of rotatable bonds is 18. The second kappa shape index (κ2) is 19.2. The number of imide groups is 1. The number of likely N-dealkylation sites (N-methyl/N-ethyl adjacent to an activating group) is 1. The van der Waals surface area contributed by atoms with Gasteiger partial charge in [0.05, 0.1) is 11.8 Å². The van der Waals surface area contributed by atoms with Crippen molar-refractivity contribution < 1.29 is 23.9 Å². The van der Waals surface area contributed by atoms with Gasteiger partial charge in [-0.25, -0.2) is 0 Å². The van der Waals surface area contributed by atoms with Crippen LogP contribution < -0.4 is 25.6 Å². The van der Waals surface area contributed by atoms with Gasteiger partial charge >= 0.3 is 6.01 Å². The molecule has 0 aliphatic carbocycles. The lowest BCUT2D eigenvalue weighted by Crippen LogP contribution is -2.53. The summed E-state index contributed by atoms with van der Waals surface area (Å²) in [7, 11) is 7.79. The molecule has 0 radical (unpaired) electrons. The minimum absolute atomic E-state index is 0.0844. The van der Waals surface area contributed by atoms with Crippen molar-refractivity contribution in [1.29, 1.82) is 0 Å². The van der Waals surface area contributed by atoms with Crippen LogP contribution in [0.3, 0.4) is 0 Å². The highest BCUT2D eigenvalue weighted by molar-refractivity contribution is 6.08. The van der Waals surface area contributed by atoms with Crippen LogP contribution in [0.15, 0.2) is 42.6 Å². The first-order valence-electron chi connectivity index (χ1n) is 20.5. The number of hydrogen-bond donors (Lipinski definition) is 3. The van der Waals surface area contributed by atoms with E-state index in [4.69, 9.17) is 14.7 Å². The normalized spacial score (nSPS) is 16.4. The molecule has 0 bridgehead atoms. The molecule has 1 atom stereocenters. The number of anilines is 3. The maximum atomic E-state index is 13.6. The van der Waals surface area contributed by atoms with E-state index in [-0.39, 0.29) is 41.9 Å². The molecule has 3 N–H and O–H groups in total. The predicted molar refractivity (Wildman–Crippen MR) is 225 cm³/mol. The summed E-state index contributed by atoms with van der Waals surface area (Å²) < 4.78 is 8.12. The molecule has 2 fully saturated rings. The van der Waals surface area contributed by atoms with Crippen LogP contribution in [-0.2, 0) is 22.6 Å². The molecular weight excluding hydrogens is 737 g/mol. The van der Waals surface area contributed by atoms with E-state index in [1.54, 1.807) is 22.7 Å². The fourth-order valence-corrected chi connectivity index (χ4v) is 7.66. The van der Waals surface area contributed by atoms with Gasteiger partial charge in [0.1, 0.15) is 12.1 Å². The van der Waals surface area contributed by atoms with Gasteiger partial charge in [0.2, 0.25) is 17.8 Å². The van der Waals surface area contributed by atoms with E-state index < -0.39 is 17.9 Å². The van der Waals surface area contributed by atoms with E-state index in [0.29, 0.717) is 37.0 Å². The van der Waals surface area contributed by atoms with Crippen molar-refractivity contribution >= 4 is 47.0 Å². The number of aromatic nitrogens is 4. The van der Waals surface area contributed by atoms with E-state index in [1.165, 1.54) is 17.5 Å². The number of aryl methyl sites for hydroxylation is 1. The highest BCUT2D eigenvalue weighted by atomic mass is 16.5. The Labute approximate surface area is 340 Å². The Morgan fingerprint density at radius 1 is 1.02 bits per heavy atom. The smallest absolute Gasteiger partial charge is 0.322 e. The Hall–Kier alpha value is -5.57. The lowest BCUT2D eigenvalue weighted by Gasteiger charge is -2.30. The van der Waals surface area contributed by atoms with Gasteiger partial charge in [-0.1, -0.05) is 51.0 Å². The second-order valence-electron chi connectivity index (χ2n) is 16.0. The Balaban J connectivity index is 1.02. The molecule has 2 aliphatic heterocycles. The zero-order valence-electron chi connectivity index (χ0n) is 34.7. The first-order chi connectivity index (χ1) is 27.9. The van der Waals surface area contributed by atoms with E-state index in [1.807, 2.05) is 6.20 Å². The van der Waals surface area contributed by atoms with E-state index >= 15 is 0 Å². The monoisotopic (exact) mass is 794 g/mol. The number of benzene rings is 2. The third-order valence-corrected chi connectivity index (χ3v) is 11.1. The average Bonchev–Trinajstić information content (AvgIpc) is 3.64. The maximum absolute atomic E-state index is 13.6. The van der Waals surface area contributed by atoms with Crippen LogP contribution in [0.4, 0.5) is 17.3 Å². The second-order valence-corrected chi connectivity index (χ2v) is 16.0. The Morgan fingerprint density at radius 3 is 2.52 bits per heavy atom. The Kier molecular flexibility index (Phi) is 14.0. The molecule has 0 saturated carbocycles. The summed E-state index contributed by atoms with van der Waals surface area (Å²) in [5.74, 6) is -0.445. The topological polar surface area (TPSA) is 166 Å². The summed E-state index contributed by atoms with van der Waals surface area (Å²) in [6, 6.07) is 11.3. The quantitative estimate of drug-likeness (QED) is 0.0677. The van der Waals surface area contributed by atoms with Crippen molar-refractivity contribution in [3.8, 4) is 6.01 Å². The molecule has 4 heterocycles. The number of carbonyl (C=O) groups is 4. The van der Waals surface area contributed by atoms with Crippen molar-refractivity contribution in [3.05, 3.63) is 70.4 Å². The van der Waals surface area contributed by atoms with E-state index in [9.17, 15) is 19.2 Å². The van der Waals surface area contributed by atoms with Crippen LogP contribution in [0.1, 0.15) is 109 Å². The lowest BCUT2D eigenvalue weighted by molar-refractivity contribution is -0.136. The first kappa shape index (κ1) is 42.0. The molecule has 310 valence electrons. The van der Waals surface area contributed by atoms with Crippen molar-refractivity contribution in [3.63, 3.8) is 0 Å². The summed E-state index contributed by atoms with van der Waals surface area (Å²) in [5.41, 5.74) is 6.39. The summed E-state index contributed by atoms with van der Waals surface area (Å²) >= 11 is 0. The third-order valence-electron chi connectivity index (χ3n) is 11.1. The summed E-state index contributed by atoms with van der Waals surface area (Å²) in [6.45, 7) is 7.43. The molecule has 15 heteroatoms. The zero-order chi connectivity index (χ0) is 41.3. The number of ether oxygens (including phenoxy) is 1. The number of unbranched alkanes of at least 4 members (excludes halogenated alkanes) is 3. The molecule has 2 aromatic carbocycles. The number of piperidine rings is 2. The van der Waals surface area contributed by atoms with Crippen LogP contribution in [0.2, 0.25) is 0 Å². The number of amides is 3. The van der Waals surface area contributed by atoms with Gasteiger partial charge in [-0.3, -0.25) is 24.5 Å². The lowest BCUT2D eigenvalue weighted by atomic mass is 10.0. The SMILES string of the molecule is CC(C)c1cnn2c(NCc3ccc(CCCCCCNc4cccc(C=O)c4C(=O)N(C)C4CCC(=O)NC4=O)cc3N(C)C)nc(OC3CCN(C)CC3)nc12. The fraction of sp³-hybridized carbons (Fsp3) is 0.512. The van der Waals surface area contributed by atoms with Crippen molar-refractivity contribution in [2.75, 3.05) is 63.4 Å². The van der Waals surface area contributed by atoms with Crippen LogP contribution in [-0.4, -0.2) is 113 Å². The molecule has 15 nitrogen and oxygen atoms in total. The number of likely N-dealkylation sites (tertiary alicyclic amines) is 1. The highest BCUT2D eigenvalue weighted by Gasteiger charge is 2.34. The van der Waals surface area contributed by atoms with Crippen molar-refractivity contribution in [2.24, 2.45) is 0 Å². The molecule has 3 amide bonds. The maximum Gasteiger partial charge on any atom is 0.322 e. The van der Waals surface area contributed by atoms with Gasteiger partial charge < -0.3 is 30.1 Å². The number of hydrogen-bond acceptors (Lipinski definition) is 12. The summed E-state index contributed by atoms with van der Waals surface area (Å²) in [6.07, 6.45) is 9.78. The van der Waals surface area contributed by atoms with Crippen molar-refractivity contribution in [2.45, 2.75) is 96.2 Å². The van der Waals surface area contributed by atoms with Gasteiger partial charge in [-0.05, 0) is 74.8 Å². The number of nitrogens with one attached hydrogen (secondary N) is 3. The van der Waals surface area contributed by atoms with Gasteiger partial charge in [0, 0.05) is 76.2 Å². The molecule has 4 aromatic rings. The van der Waals surface area contributed by atoms with Crippen LogP contribution in [0.5, 0.6) is 6.01 Å². The van der Waals surface area contributed by atoms with Gasteiger partial charge in [0.25, 0.3) is 5.91 Å². The number of nitrogens with zero attached hydrogens (tertiary/aromatic N) is 7. The van der Waals surface area contributed by atoms with Gasteiger partial charge in [0.15, 0.2) is 11.9 Å². The summed E-state index contributed by atoms with van der Waals surface area (Å²) in [4.78, 5) is 64.9. The summed E-state index contributed by atoms with van der Waals surface area (Å²) in [5, 5.41) is 13.8. The molecular formula is C43H58N10O5. The largest absolute Gasteiger partial charge is 0.460 e. The Morgan fingerprint density at radius 2 is 1.79 bits per heavy atom. The highest BCUT2D eigenvalue weighted by Crippen LogP contribution is 2.28. The molecule has 1 unspecified atom stereocenters. The number of aldehydes is 1. The molecule has 0 spiro atoms. The van der Waals surface area contributed by atoms with Crippen LogP contribution in [0.25, 0.3) is 5.65 Å². The molecule has 2 aliphatic rings. The minimum Gasteiger partial charge on any atom is -0.460 e. The van der Waals surface area contributed by atoms with E-state index in [0.717, 1.165) is 80.5 Å². The fourth-order valence-electron chi connectivity index (χ4n) is 7.66. The standard InChI is InChI=1S/C43H58N10O5/c1-28(2)33-26-46-53-39(33)48-43(58-32-19-22-51(5)23-20-32)49-42(53)45-25-30-16-15-29(24-36(30)50(3)4)12-9-7-8-10-21-44-34-14-11-13-31(27-54)38(34)41(57)52(6)35-17-18-37(55)47-40(35)56/h11,13-16,24,26-28,32,35,44H,7-10,12,17-23,25H2,1-6H3,(H,45,48,49)(H,47,55,56). The van der Waals surface area contributed by atoms with Crippen LogP contribution >= 0.6 is 0 Å². The zero-order valence-corrected chi connectivity index (χ0v) is 34.7. The molecule has 2 saturated heterocycles. The Bertz CT molecular complexity index is 2090. The predicted octanol–water partition coefficient (Wildman–Crippen LogP) is 5.30. The molecule has 6 rings (SSSR count). The van der Waals surface area contributed by atoms with Gasteiger partial charge in [-0.2, -0.15) is 19.6 Å². The van der Waals surface area contributed by atoms with Gasteiger partial charge in [-0.15, -0.1) is 0 Å². The van der Waals surface area contributed by atoms with E-state index in [2.05, 4.69) is 84.0 Å². The number of carbonyl (C=O) groups excluding carboxylic acids is 4. The number of fused-ring (bicyclic) bond motifs is 1. The molecule has 2 aromatic heterocycles. The average molecular weight is 795 g/mol. The first-order valence-corrected chi connectivity index (χ1v) is 20.5. The van der Waals surface area contributed by atoms with Crippen LogP contribution in [0, 0.1) is 0 Å². The van der Waals surface area contributed by atoms with Crippen molar-refractivity contribution in [1.82, 2.24) is 34.7 Å².